The third-order valence-electron chi connectivity index (χ3n) is 3.41. The number of phenols is 1. The molecule has 3 rings (SSSR count). The van der Waals surface area contributed by atoms with Crippen LogP contribution in [0.25, 0.3) is 11.0 Å². The van der Waals surface area contributed by atoms with Gasteiger partial charge in [-0.25, -0.2) is 9.78 Å². The molecule has 0 atom stereocenters. The molecule has 0 bridgehead atoms. The summed E-state index contributed by atoms with van der Waals surface area (Å²) in [5, 5.41) is 18.5. The molecule has 2 aromatic carbocycles. The third kappa shape index (κ3) is 3.71. The first-order valence-electron chi connectivity index (χ1n) is 6.65. The number of hydrogen-bond donors (Lipinski definition) is 2. The smallest absolute Gasteiger partial charge is 0.335 e. The standard InChI is InChI=1S/C16H14N2O4.Y/c1-18-14-8-11(19)5-6-13(14)17-15(18)9-22-12-4-2-3-10(7-12)16(20)21;/h2-8,19H,9H2,1H3,(H,20,21);. The molecule has 0 fully saturated rings. The molecule has 0 saturated heterocycles. The van der Waals surface area contributed by atoms with Crippen LogP contribution in [-0.4, -0.2) is 25.7 Å². The summed E-state index contributed by atoms with van der Waals surface area (Å²) in [7, 11) is 1.83. The number of carboxylic acids is 1. The van der Waals surface area contributed by atoms with Crippen molar-refractivity contribution < 1.29 is 52.5 Å². The topological polar surface area (TPSA) is 84.6 Å². The molecular formula is C16H14N2O4Y. The van der Waals surface area contributed by atoms with Crippen LogP contribution in [0.1, 0.15) is 16.2 Å². The van der Waals surface area contributed by atoms with Gasteiger partial charge in [0, 0.05) is 45.8 Å². The molecule has 2 N–H and O–H groups in total. The number of phenolic OH excluding ortho intramolecular Hbond substituents is 1. The molecule has 1 heterocycles. The minimum atomic E-state index is -0.997. The van der Waals surface area contributed by atoms with Crippen LogP contribution in [-0.2, 0) is 46.4 Å². The van der Waals surface area contributed by atoms with E-state index in [0.717, 1.165) is 11.0 Å². The van der Waals surface area contributed by atoms with E-state index < -0.39 is 5.97 Å². The van der Waals surface area contributed by atoms with Crippen molar-refractivity contribution in [3.8, 4) is 11.5 Å². The minimum absolute atomic E-state index is 0. The van der Waals surface area contributed by atoms with Crippen LogP contribution in [0.3, 0.4) is 0 Å². The molecule has 115 valence electrons. The largest absolute Gasteiger partial charge is 0.508 e. The number of benzene rings is 2. The summed E-state index contributed by atoms with van der Waals surface area (Å²) >= 11 is 0. The second-order valence-corrected chi connectivity index (χ2v) is 4.88. The maximum absolute atomic E-state index is 10.9. The summed E-state index contributed by atoms with van der Waals surface area (Å²) in [4.78, 5) is 15.4. The number of fused-ring (bicyclic) bond motifs is 1. The summed E-state index contributed by atoms with van der Waals surface area (Å²) in [5.74, 6) is 0.330. The van der Waals surface area contributed by atoms with Gasteiger partial charge in [0.2, 0.25) is 0 Å². The fourth-order valence-corrected chi connectivity index (χ4v) is 2.22. The van der Waals surface area contributed by atoms with E-state index in [1.165, 1.54) is 12.1 Å². The maximum Gasteiger partial charge on any atom is 0.335 e. The van der Waals surface area contributed by atoms with E-state index in [1.54, 1.807) is 30.3 Å². The Morgan fingerprint density at radius 2 is 2.04 bits per heavy atom. The van der Waals surface area contributed by atoms with Crippen molar-refractivity contribution in [2.75, 3.05) is 0 Å². The molecule has 0 aliphatic heterocycles. The van der Waals surface area contributed by atoms with Crippen molar-refractivity contribution in [1.82, 2.24) is 9.55 Å². The zero-order valence-corrected chi connectivity index (χ0v) is 15.3. The zero-order valence-electron chi connectivity index (χ0n) is 12.4. The van der Waals surface area contributed by atoms with Crippen LogP contribution in [0.4, 0.5) is 0 Å². The van der Waals surface area contributed by atoms with E-state index in [9.17, 15) is 9.90 Å². The Kier molecular flexibility index (Phi) is 5.39. The summed E-state index contributed by atoms with van der Waals surface area (Å²) in [6, 6.07) is 11.3. The van der Waals surface area contributed by atoms with Gasteiger partial charge in [0.05, 0.1) is 16.6 Å². The van der Waals surface area contributed by atoms with Gasteiger partial charge in [-0.3, -0.25) is 0 Å². The van der Waals surface area contributed by atoms with E-state index in [0.29, 0.717) is 11.6 Å². The predicted octanol–water partition coefficient (Wildman–Crippen LogP) is 2.55. The quantitative estimate of drug-likeness (QED) is 0.719. The number of aromatic hydroxyl groups is 1. The van der Waals surface area contributed by atoms with Gasteiger partial charge in [0.1, 0.15) is 23.9 Å². The molecule has 1 aromatic heterocycles. The van der Waals surface area contributed by atoms with Gasteiger partial charge in [0.25, 0.3) is 0 Å². The van der Waals surface area contributed by atoms with E-state index >= 15 is 0 Å². The Labute approximate surface area is 157 Å². The van der Waals surface area contributed by atoms with E-state index in [1.807, 2.05) is 11.6 Å². The first-order chi connectivity index (χ1) is 10.5. The van der Waals surface area contributed by atoms with Crippen LogP contribution in [0, 0.1) is 0 Å². The Morgan fingerprint density at radius 3 is 2.78 bits per heavy atom. The molecule has 0 spiro atoms. The number of aromatic nitrogens is 2. The molecule has 0 amide bonds. The average molecular weight is 387 g/mol. The molecule has 1 radical (unpaired) electrons. The van der Waals surface area contributed by atoms with Gasteiger partial charge in [-0.15, -0.1) is 0 Å². The molecular weight excluding hydrogens is 373 g/mol. The van der Waals surface area contributed by atoms with Crippen molar-refractivity contribution in [2.45, 2.75) is 6.61 Å². The van der Waals surface area contributed by atoms with E-state index in [2.05, 4.69) is 4.98 Å². The van der Waals surface area contributed by atoms with Crippen molar-refractivity contribution in [2.24, 2.45) is 7.05 Å². The first kappa shape index (κ1) is 17.4. The Morgan fingerprint density at radius 1 is 1.26 bits per heavy atom. The predicted molar refractivity (Wildman–Crippen MR) is 80.1 cm³/mol. The van der Waals surface area contributed by atoms with Gasteiger partial charge in [-0.05, 0) is 30.3 Å². The van der Waals surface area contributed by atoms with Crippen molar-refractivity contribution in [3.05, 3.63) is 53.9 Å². The molecule has 6 nitrogen and oxygen atoms in total. The maximum atomic E-state index is 10.9. The van der Waals surface area contributed by atoms with Gasteiger partial charge in [-0.1, -0.05) is 6.07 Å². The number of rotatable bonds is 4. The van der Waals surface area contributed by atoms with Crippen molar-refractivity contribution >= 4 is 17.0 Å². The molecule has 0 saturated carbocycles. The fourth-order valence-electron chi connectivity index (χ4n) is 2.22. The molecule has 0 aliphatic rings. The van der Waals surface area contributed by atoms with Crippen molar-refractivity contribution in [1.29, 1.82) is 0 Å². The van der Waals surface area contributed by atoms with Crippen LogP contribution in [0.15, 0.2) is 42.5 Å². The number of carbonyl (C=O) groups is 1. The van der Waals surface area contributed by atoms with Crippen LogP contribution in [0.2, 0.25) is 0 Å². The summed E-state index contributed by atoms with van der Waals surface area (Å²) < 4.78 is 7.44. The number of nitrogens with zero attached hydrogens (tertiary/aromatic N) is 2. The second-order valence-electron chi connectivity index (χ2n) is 4.88. The van der Waals surface area contributed by atoms with E-state index in [-0.39, 0.29) is 50.6 Å². The third-order valence-corrected chi connectivity index (χ3v) is 3.41. The number of ether oxygens (including phenoxy) is 1. The number of hydrogen-bond acceptors (Lipinski definition) is 4. The van der Waals surface area contributed by atoms with Gasteiger partial charge in [-0.2, -0.15) is 0 Å². The second kappa shape index (κ2) is 7.11. The van der Waals surface area contributed by atoms with Crippen molar-refractivity contribution in [3.63, 3.8) is 0 Å². The molecule has 0 unspecified atom stereocenters. The van der Waals surface area contributed by atoms with Gasteiger partial charge in [0.15, 0.2) is 0 Å². The molecule has 23 heavy (non-hydrogen) atoms. The number of aromatic carboxylic acids is 1. The summed E-state index contributed by atoms with van der Waals surface area (Å²) in [5.41, 5.74) is 1.74. The molecule has 3 aromatic rings. The van der Waals surface area contributed by atoms with Crippen LogP contribution >= 0.6 is 0 Å². The SMILES string of the molecule is Cn1c(COc2cccc(C(=O)O)c2)nc2ccc(O)cc21.[Y]. The number of imidazole rings is 1. The number of carboxylic acid groups (broad SMARTS) is 1. The zero-order chi connectivity index (χ0) is 15.7. The van der Waals surface area contributed by atoms with Gasteiger partial charge >= 0.3 is 5.97 Å². The van der Waals surface area contributed by atoms with E-state index in [4.69, 9.17) is 9.84 Å². The average Bonchev–Trinajstić information content (AvgIpc) is 2.82. The summed E-state index contributed by atoms with van der Waals surface area (Å²) in [6.45, 7) is 0.203. The Hall–Kier alpha value is -1.92. The molecule has 7 heteroatoms. The Balaban J connectivity index is 0.00000192. The fraction of sp³-hybridized carbons (Fsp3) is 0.125. The van der Waals surface area contributed by atoms with Crippen LogP contribution in [0.5, 0.6) is 11.5 Å². The summed E-state index contributed by atoms with van der Waals surface area (Å²) in [6.07, 6.45) is 0. The first-order valence-corrected chi connectivity index (χ1v) is 6.65. The number of aryl methyl sites for hydroxylation is 1. The Bertz CT molecular complexity index is 860. The molecule has 0 aliphatic carbocycles. The van der Waals surface area contributed by atoms with Gasteiger partial charge < -0.3 is 19.5 Å². The van der Waals surface area contributed by atoms with Crippen LogP contribution < -0.4 is 4.74 Å². The normalized spacial score (nSPS) is 10.3. The minimum Gasteiger partial charge on any atom is -0.508 e. The monoisotopic (exact) mass is 387 g/mol.